The minimum absolute atomic E-state index is 0.0901. The Labute approximate surface area is 167 Å². The van der Waals surface area contributed by atoms with Crippen molar-refractivity contribution in [2.45, 2.75) is 39.8 Å². The van der Waals surface area contributed by atoms with Crippen LogP contribution in [0.4, 0.5) is 0 Å². The summed E-state index contributed by atoms with van der Waals surface area (Å²) in [7, 11) is 5.61. The Morgan fingerprint density at radius 1 is 1.36 bits per heavy atom. The number of rotatable bonds is 7. The van der Waals surface area contributed by atoms with Crippen LogP contribution in [0.2, 0.25) is 0 Å². The maximum Gasteiger partial charge on any atom is 0.251 e. The second-order valence-corrected chi connectivity index (χ2v) is 7.17. The summed E-state index contributed by atoms with van der Waals surface area (Å²) in [6.07, 6.45) is 2.07. The van der Waals surface area contributed by atoms with Crippen molar-refractivity contribution in [3.63, 3.8) is 0 Å². The Bertz CT molecular complexity index is 824. The molecule has 0 saturated heterocycles. The lowest BCUT2D eigenvalue weighted by Crippen LogP contribution is -2.38. The number of hydrogen-bond acceptors (Lipinski definition) is 3. The van der Waals surface area contributed by atoms with Crippen molar-refractivity contribution >= 4 is 11.9 Å². The molecule has 2 N–H and O–H groups in total. The summed E-state index contributed by atoms with van der Waals surface area (Å²) in [6, 6.07) is 7.55. The van der Waals surface area contributed by atoms with Gasteiger partial charge in [0.1, 0.15) is 0 Å². The van der Waals surface area contributed by atoms with Gasteiger partial charge in [-0.15, -0.1) is 0 Å². The number of guanidine groups is 1. The number of aryl methyl sites for hydroxylation is 1. The molecule has 1 amide bonds. The van der Waals surface area contributed by atoms with E-state index in [-0.39, 0.29) is 5.91 Å². The molecule has 7 nitrogen and oxygen atoms in total. The molecule has 0 aliphatic rings. The van der Waals surface area contributed by atoms with E-state index >= 15 is 0 Å². The van der Waals surface area contributed by atoms with Crippen molar-refractivity contribution in [2.24, 2.45) is 12.0 Å². The lowest BCUT2D eigenvalue weighted by molar-refractivity contribution is 0.0963. The van der Waals surface area contributed by atoms with Crippen LogP contribution >= 0.6 is 0 Å². The number of carbonyl (C=O) groups excluding carboxylic acids is 1. The summed E-state index contributed by atoms with van der Waals surface area (Å²) in [5.41, 5.74) is 3.95. The van der Waals surface area contributed by atoms with Crippen molar-refractivity contribution in [1.29, 1.82) is 0 Å². The van der Waals surface area contributed by atoms with Crippen molar-refractivity contribution in [2.75, 3.05) is 20.6 Å². The Kier molecular flexibility index (Phi) is 7.61. The zero-order chi connectivity index (χ0) is 20.7. The lowest BCUT2D eigenvalue weighted by Gasteiger charge is -2.22. The minimum atomic E-state index is -0.0901. The fourth-order valence-electron chi connectivity index (χ4n) is 3.08. The molecular formula is C21H32N6O. The van der Waals surface area contributed by atoms with Crippen LogP contribution < -0.4 is 10.6 Å². The molecule has 28 heavy (non-hydrogen) atoms. The van der Waals surface area contributed by atoms with Gasteiger partial charge in [0.2, 0.25) is 0 Å². The van der Waals surface area contributed by atoms with E-state index in [9.17, 15) is 4.79 Å². The third-order valence-corrected chi connectivity index (χ3v) is 4.42. The number of benzene rings is 1. The van der Waals surface area contributed by atoms with Crippen molar-refractivity contribution in [3.05, 3.63) is 52.8 Å². The zero-order valence-corrected chi connectivity index (χ0v) is 17.8. The molecule has 0 spiro atoms. The average molecular weight is 385 g/mol. The smallest absolute Gasteiger partial charge is 0.251 e. The summed E-state index contributed by atoms with van der Waals surface area (Å²) in [5.74, 6) is 1.11. The van der Waals surface area contributed by atoms with Crippen LogP contribution in [0.1, 0.15) is 53.9 Å². The first-order valence-electron chi connectivity index (χ1n) is 9.68. The van der Waals surface area contributed by atoms with Crippen LogP contribution in [0.5, 0.6) is 0 Å². The van der Waals surface area contributed by atoms with Gasteiger partial charge in [-0.3, -0.25) is 9.48 Å². The molecule has 0 aliphatic heterocycles. The van der Waals surface area contributed by atoms with E-state index in [0.29, 0.717) is 18.0 Å². The predicted octanol–water partition coefficient (Wildman–Crippen LogP) is 2.50. The number of nitrogens with zero attached hydrogens (tertiary/aromatic N) is 4. The van der Waals surface area contributed by atoms with Gasteiger partial charge in [-0.05, 0) is 30.5 Å². The fraction of sp³-hybridized carbons (Fsp3) is 0.476. The van der Waals surface area contributed by atoms with E-state index in [2.05, 4.69) is 47.6 Å². The SMILES string of the molecule is CCNC(=NCc1cccc(C(=O)NC)c1)N(C)Cc1cn(C)nc1C(C)C. The van der Waals surface area contributed by atoms with Crippen molar-refractivity contribution < 1.29 is 4.79 Å². The highest BCUT2D eigenvalue weighted by Crippen LogP contribution is 2.18. The minimum Gasteiger partial charge on any atom is -0.357 e. The van der Waals surface area contributed by atoms with Gasteiger partial charge in [-0.1, -0.05) is 26.0 Å². The molecule has 0 atom stereocenters. The summed E-state index contributed by atoms with van der Waals surface area (Å²) in [6.45, 7) is 8.38. The summed E-state index contributed by atoms with van der Waals surface area (Å²) >= 11 is 0. The molecule has 0 aliphatic carbocycles. The van der Waals surface area contributed by atoms with E-state index in [1.807, 2.05) is 37.0 Å². The highest BCUT2D eigenvalue weighted by molar-refractivity contribution is 5.94. The third-order valence-electron chi connectivity index (χ3n) is 4.42. The van der Waals surface area contributed by atoms with Crippen LogP contribution in [0.25, 0.3) is 0 Å². The molecule has 0 bridgehead atoms. The van der Waals surface area contributed by atoms with Crippen LogP contribution in [-0.4, -0.2) is 47.2 Å². The monoisotopic (exact) mass is 384 g/mol. The second-order valence-electron chi connectivity index (χ2n) is 7.17. The predicted molar refractivity (Wildman–Crippen MR) is 113 cm³/mol. The van der Waals surface area contributed by atoms with E-state index < -0.39 is 0 Å². The normalized spacial score (nSPS) is 11.6. The molecule has 1 aromatic heterocycles. The summed E-state index contributed by atoms with van der Waals surface area (Å²) in [5, 5.41) is 10.6. The van der Waals surface area contributed by atoms with Gasteiger partial charge in [0.05, 0.1) is 12.2 Å². The van der Waals surface area contributed by atoms with E-state index in [1.54, 1.807) is 13.1 Å². The van der Waals surface area contributed by atoms with E-state index in [0.717, 1.165) is 30.3 Å². The quantitative estimate of drug-likeness (QED) is 0.568. The molecule has 0 unspecified atom stereocenters. The number of carbonyl (C=O) groups is 1. The molecule has 0 radical (unpaired) electrons. The molecule has 152 valence electrons. The number of amides is 1. The van der Waals surface area contributed by atoms with Crippen LogP contribution in [0.3, 0.4) is 0 Å². The van der Waals surface area contributed by atoms with Crippen molar-refractivity contribution in [1.82, 2.24) is 25.3 Å². The van der Waals surface area contributed by atoms with Gasteiger partial charge in [-0.25, -0.2) is 4.99 Å². The van der Waals surface area contributed by atoms with Crippen LogP contribution in [-0.2, 0) is 20.1 Å². The molecule has 0 fully saturated rings. The van der Waals surface area contributed by atoms with Gasteiger partial charge in [-0.2, -0.15) is 5.10 Å². The first-order valence-corrected chi connectivity index (χ1v) is 9.68. The van der Waals surface area contributed by atoms with Crippen LogP contribution in [0, 0.1) is 0 Å². The Morgan fingerprint density at radius 2 is 2.11 bits per heavy atom. The maximum absolute atomic E-state index is 11.8. The number of hydrogen-bond donors (Lipinski definition) is 2. The second kappa shape index (κ2) is 9.92. The van der Waals surface area contributed by atoms with E-state index in [4.69, 9.17) is 4.99 Å². The maximum atomic E-state index is 11.8. The fourth-order valence-corrected chi connectivity index (χ4v) is 3.08. The molecule has 1 aromatic carbocycles. The van der Waals surface area contributed by atoms with Crippen molar-refractivity contribution in [3.8, 4) is 0 Å². The molecular weight excluding hydrogens is 352 g/mol. The number of aliphatic imine (C=N–C) groups is 1. The van der Waals surface area contributed by atoms with Gasteiger partial charge in [0, 0.05) is 51.6 Å². The highest BCUT2D eigenvalue weighted by atomic mass is 16.1. The molecule has 7 heteroatoms. The molecule has 0 saturated carbocycles. The Hall–Kier alpha value is -2.83. The van der Waals surface area contributed by atoms with E-state index in [1.165, 1.54) is 5.56 Å². The first-order chi connectivity index (χ1) is 13.3. The summed E-state index contributed by atoms with van der Waals surface area (Å²) < 4.78 is 1.87. The standard InChI is InChI=1S/C21H32N6O/c1-7-23-21(24-12-16-9-8-10-17(11-16)20(28)22-4)26(5)13-18-14-27(6)25-19(18)15(2)3/h8-11,14-15H,7,12-13H2,1-6H3,(H,22,28)(H,23,24). The number of aromatic nitrogens is 2. The van der Waals surface area contributed by atoms with Gasteiger partial charge in [0.25, 0.3) is 5.91 Å². The molecule has 1 heterocycles. The largest absolute Gasteiger partial charge is 0.357 e. The van der Waals surface area contributed by atoms with Gasteiger partial charge in [0.15, 0.2) is 5.96 Å². The first kappa shape index (κ1) is 21.5. The van der Waals surface area contributed by atoms with Crippen LogP contribution in [0.15, 0.2) is 35.5 Å². The molecule has 2 aromatic rings. The average Bonchev–Trinajstić information content (AvgIpc) is 3.05. The summed E-state index contributed by atoms with van der Waals surface area (Å²) in [4.78, 5) is 18.7. The third kappa shape index (κ3) is 5.58. The zero-order valence-electron chi connectivity index (χ0n) is 17.8. The van der Waals surface area contributed by atoms with Gasteiger partial charge >= 0.3 is 0 Å². The topological polar surface area (TPSA) is 74.6 Å². The van der Waals surface area contributed by atoms with Gasteiger partial charge < -0.3 is 15.5 Å². The Balaban J connectivity index is 2.17. The number of nitrogens with one attached hydrogen (secondary N) is 2. The highest BCUT2D eigenvalue weighted by Gasteiger charge is 2.15. The lowest BCUT2D eigenvalue weighted by atomic mass is 10.1. The molecule has 2 rings (SSSR count). The Morgan fingerprint density at radius 3 is 2.75 bits per heavy atom.